The van der Waals surface area contributed by atoms with Crippen LogP contribution in [0, 0.1) is 19.8 Å². The number of hydrogen-bond donors (Lipinski definition) is 1. The van der Waals surface area contributed by atoms with Gasteiger partial charge in [0.15, 0.2) is 0 Å². The normalized spacial score (nSPS) is 19.1. The summed E-state index contributed by atoms with van der Waals surface area (Å²) in [5.74, 6) is 0.794. The van der Waals surface area contributed by atoms with Crippen LogP contribution in [0.5, 0.6) is 0 Å². The molecule has 3 rings (SSSR count). The number of carbonyl (C=O) groups is 2. The summed E-state index contributed by atoms with van der Waals surface area (Å²) in [6.45, 7) is 7.91. The number of aryl methyl sites for hydroxylation is 2. The van der Waals surface area contributed by atoms with E-state index in [2.05, 4.69) is 15.3 Å². The maximum atomic E-state index is 12.4. The van der Waals surface area contributed by atoms with Crippen LogP contribution < -0.4 is 5.32 Å². The van der Waals surface area contributed by atoms with Crippen molar-refractivity contribution >= 4 is 17.5 Å². The standard InChI is InChI=1S/C19H31N5O2/c1-14-19(15(2)22(3)21-14)20-17(25)13-23-10-6-16(7-11-23)12-18(26)24-8-4-5-9-24/h16H,4-13H2,1-3H3,(H,20,25). The van der Waals surface area contributed by atoms with Crippen LogP contribution in [0.1, 0.15) is 43.5 Å². The van der Waals surface area contributed by atoms with Crippen molar-refractivity contribution in [3.63, 3.8) is 0 Å². The second-order valence-electron chi connectivity index (χ2n) is 7.73. The molecule has 0 unspecified atom stereocenters. The Morgan fingerprint density at radius 1 is 1.12 bits per heavy atom. The fourth-order valence-corrected chi connectivity index (χ4v) is 4.03. The number of piperidine rings is 1. The molecule has 1 N–H and O–H groups in total. The van der Waals surface area contributed by atoms with E-state index in [0.717, 1.165) is 68.9 Å². The molecule has 0 radical (unpaired) electrons. The van der Waals surface area contributed by atoms with Crippen molar-refractivity contribution in [1.29, 1.82) is 0 Å². The number of rotatable bonds is 5. The van der Waals surface area contributed by atoms with Crippen molar-refractivity contribution in [2.75, 3.05) is 38.0 Å². The lowest BCUT2D eigenvalue weighted by molar-refractivity contribution is -0.131. The van der Waals surface area contributed by atoms with Gasteiger partial charge in [0, 0.05) is 26.6 Å². The molecule has 0 saturated carbocycles. The molecule has 0 aliphatic carbocycles. The van der Waals surface area contributed by atoms with Crippen LogP contribution in [0.2, 0.25) is 0 Å². The van der Waals surface area contributed by atoms with Gasteiger partial charge in [-0.3, -0.25) is 19.2 Å². The maximum Gasteiger partial charge on any atom is 0.238 e. The predicted octanol–water partition coefficient (Wildman–Crippen LogP) is 1.70. The second kappa shape index (κ2) is 8.20. The molecular weight excluding hydrogens is 330 g/mol. The Bertz CT molecular complexity index is 655. The molecule has 2 amide bonds. The predicted molar refractivity (Wildman–Crippen MR) is 101 cm³/mol. The number of likely N-dealkylation sites (tertiary alicyclic amines) is 2. The Hall–Kier alpha value is -1.89. The zero-order valence-corrected chi connectivity index (χ0v) is 16.3. The molecule has 2 fully saturated rings. The highest BCUT2D eigenvalue weighted by atomic mass is 16.2. The minimum absolute atomic E-state index is 0.00999. The summed E-state index contributed by atoms with van der Waals surface area (Å²) >= 11 is 0. The van der Waals surface area contributed by atoms with Crippen LogP contribution in [0.3, 0.4) is 0 Å². The molecule has 0 atom stereocenters. The molecule has 0 bridgehead atoms. The third-order valence-electron chi connectivity index (χ3n) is 5.77. The zero-order valence-electron chi connectivity index (χ0n) is 16.3. The number of amides is 2. The number of nitrogens with zero attached hydrogens (tertiary/aromatic N) is 4. The third-order valence-corrected chi connectivity index (χ3v) is 5.77. The first-order valence-corrected chi connectivity index (χ1v) is 9.74. The lowest BCUT2D eigenvalue weighted by atomic mass is 9.93. The molecule has 0 aromatic carbocycles. The van der Waals surface area contributed by atoms with E-state index in [1.807, 2.05) is 25.8 Å². The van der Waals surface area contributed by atoms with Gasteiger partial charge in [-0.25, -0.2) is 0 Å². The minimum Gasteiger partial charge on any atom is -0.343 e. The average Bonchev–Trinajstić information content (AvgIpc) is 3.22. The zero-order chi connectivity index (χ0) is 18.7. The summed E-state index contributed by atoms with van der Waals surface area (Å²) in [6, 6.07) is 0. The van der Waals surface area contributed by atoms with Gasteiger partial charge in [0.1, 0.15) is 0 Å². The quantitative estimate of drug-likeness (QED) is 0.867. The number of aromatic nitrogens is 2. The van der Waals surface area contributed by atoms with Crippen LogP contribution in [-0.2, 0) is 16.6 Å². The van der Waals surface area contributed by atoms with Gasteiger partial charge in [-0.2, -0.15) is 5.10 Å². The van der Waals surface area contributed by atoms with Crippen molar-refractivity contribution in [3.8, 4) is 0 Å². The largest absolute Gasteiger partial charge is 0.343 e. The first-order valence-electron chi connectivity index (χ1n) is 9.74. The van der Waals surface area contributed by atoms with Gasteiger partial charge in [0.2, 0.25) is 11.8 Å². The molecule has 2 aliphatic heterocycles. The Kier molecular flexibility index (Phi) is 5.96. The van der Waals surface area contributed by atoms with Gasteiger partial charge in [0.25, 0.3) is 0 Å². The van der Waals surface area contributed by atoms with Gasteiger partial charge < -0.3 is 10.2 Å². The molecule has 3 heterocycles. The van der Waals surface area contributed by atoms with Crippen molar-refractivity contribution < 1.29 is 9.59 Å². The summed E-state index contributed by atoms with van der Waals surface area (Å²) in [4.78, 5) is 28.9. The third kappa shape index (κ3) is 4.44. The topological polar surface area (TPSA) is 70.5 Å². The Balaban J connectivity index is 1.42. The minimum atomic E-state index is 0.00999. The Morgan fingerprint density at radius 2 is 1.77 bits per heavy atom. The van der Waals surface area contributed by atoms with Crippen LogP contribution >= 0.6 is 0 Å². The van der Waals surface area contributed by atoms with E-state index in [-0.39, 0.29) is 5.91 Å². The smallest absolute Gasteiger partial charge is 0.238 e. The van der Waals surface area contributed by atoms with Gasteiger partial charge in [-0.15, -0.1) is 0 Å². The first-order chi connectivity index (χ1) is 12.4. The van der Waals surface area contributed by atoms with E-state index in [4.69, 9.17) is 0 Å². The van der Waals surface area contributed by atoms with Gasteiger partial charge in [0.05, 0.1) is 23.6 Å². The molecule has 7 heteroatoms. The monoisotopic (exact) mass is 361 g/mol. The molecule has 144 valence electrons. The van der Waals surface area contributed by atoms with Crippen molar-refractivity contribution in [2.24, 2.45) is 13.0 Å². The molecule has 1 aromatic rings. The van der Waals surface area contributed by atoms with E-state index < -0.39 is 0 Å². The SMILES string of the molecule is Cc1nn(C)c(C)c1NC(=O)CN1CCC(CC(=O)N2CCCC2)CC1. The number of nitrogens with one attached hydrogen (secondary N) is 1. The maximum absolute atomic E-state index is 12.4. The average molecular weight is 361 g/mol. The van der Waals surface area contributed by atoms with Crippen LogP contribution in [0.4, 0.5) is 5.69 Å². The number of hydrogen-bond acceptors (Lipinski definition) is 4. The molecular formula is C19H31N5O2. The number of anilines is 1. The van der Waals surface area contributed by atoms with Gasteiger partial charge in [-0.05, 0) is 58.5 Å². The first kappa shape index (κ1) is 18.9. The highest BCUT2D eigenvalue weighted by molar-refractivity contribution is 5.93. The van der Waals surface area contributed by atoms with E-state index in [1.165, 1.54) is 0 Å². The number of carbonyl (C=O) groups excluding carboxylic acids is 2. The van der Waals surface area contributed by atoms with Crippen molar-refractivity contribution in [3.05, 3.63) is 11.4 Å². The van der Waals surface area contributed by atoms with E-state index in [0.29, 0.717) is 24.8 Å². The highest BCUT2D eigenvalue weighted by Crippen LogP contribution is 2.23. The molecule has 26 heavy (non-hydrogen) atoms. The second-order valence-corrected chi connectivity index (χ2v) is 7.73. The fourth-order valence-electron chi connectivity index (χ4n) is 4.03. The van der Waals surface area contributed by atoms with Gasteiger partial charge in [-0.1, -0.05) is 0 Å². The molecule has 1 aromatic heterocycles. The molecule has 7 nitrogen and oxygen atoms in total. The van der Waals surface area contributed by atoms with E-state index >= 15 is 0 Å². The van der Waals surface area contributed by atoms with Crippen LogP contribution in [0.25, 0.3) is 0 Å². The molecule has 0 spiro atoms. The summed E-state index contributed by atoms with van der Waals surface area (Å²) in [6.07, 6.45) is 4.97. The summed E-state index contributed by atoms with van der Waals surface area (Å²) in [5.41, 5.74) is 2.64. The summed E-state index contributed by atoms with van der Waals surface area (Å²) < 4.78 is 1.79. The van der Waals surface area contributed by atoms with Crippen molar-refractivity contribution in [1.82, 2.24) is 19.6 Å². The molecule has 2 saturated heterocycles. The lowest BCUT2D eigenvalue weighted by Gasteiger charge is -2.31. The summed E-state index contributed by atoms with van der Waals surface area (Å²) in [7, 11) is 1.88. The van der Waals surface area contributed by atoms with E-state index in [9.17, 15) is 9.59 Å². The van der Waals surface area contributed by atoms with Crippen LogP contribution in [-0.4, -0.2) is 64.1 Å². The van der Waals surface area contributed by atoms with Crippen LogP contribution in [0.15, 0.2) is 0 Å². The fraction of sp³-hybridized carbons (Fsp3) is 0.737. The van der Waals surface area contributed by atoms with E-state index in [1.54, 1.807) is 4.68 Å². The highest BCUT2D eigenvalue weighted by Gasteiger charge is 2.26. The summed E-state index contributed by atoms with van der Waals surface area (Å²) in [5, 5.41) is 7.34. The lowest BCUT2D eigenvalue weighted by Crippen LogP contribution is -2.40. The van der Waals surface area contributed by atoms with Gasteiger partial charge >= 0.3 is 0 Å². The Labute approximate surface area is 155 Å². The molecule has 2 aliphatic rings. The van der Waals surface area contributed by atoms with Crippen molar-refractivity contribution in [2.45, 2.75) is 46.0 Å². The Morgan fingerprint density at radius 3 is 2.35 bits per heavy atom.